The number of nitrogens with one attached hydrogen (secondary N) is 1. The van der Waals surface area contributed by atoms with Gasteiger partial charge in [0, 0.05) is 18.1 Å². The molecular weight excluding hydrogens is 396 g/mol. The lowest BCUT2D eigenvalue weighted by atomic mass is 10.2. The van der Waals surface area contributed by atoms with Gasteiger partial charge in [0.15, 0.2) is 0 Å². The van der Waals surface area contributed by atoms with Crippen molar-refractivity contribution >= 4 is 38.3 Å². The maximum absolute atomic E-state index is 12.6. The molecule has 2 aromatic carbocycles. The predicted molar refractivity (Wildman–Crippen MR) is 112 cm³/mol. The minimum absolute atomic E-state index is 0.174. The monoisotopic (exact) mass is 418 g/mol. The number of halogens is 1. The van der Waals surface area contributed by atoms with E-state index in [9.17, 15) is 8.42 Å². The predicted octanol–water partition coefficient (Wildman–Crippen LogP) is 4.11. The first-order valence-electron chi connectivity index (χ1n) is 9.46. The van der Waals surface area contributed by atoms with Crippen molar-refractivity contribution in [3.8, 4) is 0 Å². The Bertz CT molecular complexity index is 1090. The van der Waals surface area contributed by atoms with Gasteiger partial charge in [-0.3, -0.25) is 9.62 Å². The summed E-state index contributed by atoms with van der Waals surface area (Å²) in [5, 5.41) is 0.497. The molecule has 0 saturated heterocycles. The number of anilines is 1. The third-order valence-corrected chi connectivity index (χ3v) is 6.69. The molecule has 0 saturated carbocycles. The first-order chi connectivity index (χ1) is 13.5. The molecule has 0 spiro atoms. The minimum Gasteiger partial charge on any atom is -0.326 e. The highest BCUT2D eigenvalue weighted by Crippen LogP contribution is 2.25. The molecule has 0 radical (unpaired) electrons. The van der Waals surface area contributed by atoms with Crippen molar-refractivity contribution in [2.75, 3.05) is 17.8 Å². The Balaban J connectivity index is 1.58. The smallest absolute Gasteiger partial charge is 0.261 e. The first-order valence-corrected chi connectivity index (χ1v) is 11.3. The average molecular weight is 419 g/mol. The topological polar surface area (TPSA) is 67.2 Å². The van der Waals surface area contributed by atoms with Crippen LogP contribution in [0.5, 0.6) is 0 Å². The van der Waals surface area contributed by atoms with Gasteiger partial charge in [-0.1, -0.05) is 24.9 Å². The average Bonchev–Trinajstić information content (AvgIpc) is 3.03. The zero-order valence-electron chi connectivity index (χ0n) is 15.7. The van der Waals surface area contributed by atoms with E-state index in [1.54, 1.807) is 24.3 Å². The lowest BCUT2D eigenvalue weighted by Gasteiger charge is -2.27. The lowest BCUT2D eigenvalue weighted by molar-refractivity contribution is 0.216. The number of benzene rings is 2. The molecule has 2 heterocycles. The number of hydrogen-bond acceptors (Lipinski definition) is 4. The molecule has 0 aliphatic carbocycles. The standard InChI is InChI=1S/C20H23ClN4O2S/c1-2-3-10-24-11-12-25-19-9-6-16(13-18(19)22-20(25)14-24)23-28(26,27)17-7-4-15(21)5-8-17/h4-9,13,23H,2-3,10-12,14H2,1H3. The van der Waals surface area contributed by atoms with Crippen molar-refractivity contribution in [3.05, 3.63) is 53.3 Å². The second-order valence-electron chi connectivity index (χ2n) is 7.07. The fourth-order valence-electron chi connectivity index (χ4n) is 3.53. The summed E-state index contributed by atoms with van der Waals surface area (Å²) in [6.45, 7) is 6.05. The van der Waals surface area contributed by atoms with Crippen molar-refractivity contribution in [1.82, 2.24) is 14.5 Å². The highest BCUT2D eigenvalue weighted by Gasteiger charge is 2.20. The third kappa shape index (κ3) is 3.87. The molecule has 3 aromatic rings. The fraction of sp³-hybridized carbons (Fsp3) is 0.350. The highest BCUT2D eigenvalue weighted by molar-refractivity contribution is 7.92. The number of aromatic nitrogens is 2. The van der Waals surface area contributed by atoms with E-state index < -0.39 is 10.0 Å². The summed E-state index contributed by atoms with van der Waals surface area (Å²) in [5.41, 5.74) is 2.35. The van der Waals surface area contributed by atoms with Crippen molar-refractivity contribution in [2.45, 2.75) is 37.8 Å². The second kappa shape index (κ2) is 7.73. The molecule has 148 valence electrons. The Kier molecular flexibility index (Phi) is 5.31. The normalized spacial score (nSPS) is 14.9. The van der Waals surface area contributed by atoms with Gasteiger partial charge in [0.1, 0.15) is 5.82 Å². The molecule has 6 nitrogen and oxygen atoms in total. The highest BCUT2D eigenvalue weighted by atomic mass is 35.5. The SMILES string of the molecule is CCCCN1CCn2c(nc3cc(NS(=O)(=O)c4ccc(Cl)cc4)ccc32)C1. The van der Waals surface area contributed by atoms with E-state index in [-0.39, 0.29) is 4.90 Å². The van der Waals surface area contributed by atoms with E-state index in [0.717, 1.165) is 43.0 Å². The van der Waals surface area contributed by atoms with Crippen LogP contribution in [0.4, 0.5) is 5.69 Å². The van der Waals surface area contributed by atoms with Gasteiger partial charge in [-0.25, -0.2) is 13.4 Å². The van der Waals surface area contributed by atoms with Gasteiger partial charge in [0.2, 0.25) is 0 Å². The van der Waals surface area contributed by atoms with Crippen LogP contribution in [0.15, 0.2) is 47.4 Å². The van der Waals surface area contributed by atoms with Crippen molar-refractivity contribution in [1.29, 1.82) is 0 Å². The van der Waals surface area contributed by atoms with E-state index in [0.29, 0.717) is 10.7 Å². The van der Waals surface area contributed by atoms with Gasteiger partial charge in [0.25, 0.3) is 10.0 Å². The van der Waals surface area contributed by atoms with Gasteiger partial charge in [0.05, 0.1) is 28.2 Å². The third-order valence-electron chi connectivity index (χ3n) is 5.04. The first kappa shape index (κ1) is 19.2. The molecule has 28 heavy (non-hydrogen) atoms. The summed E-state index contributed by atoms with van der Waals surface area (Å²) in [6, 6.07) is 11.6. The second-order valence-corrected chi connectivity index (χ2v) is 9.19. The Morgan fingerprint density at radius 2 is 1.93 bits per heavy atom. The minimum atomic E-state index is -3.67. The molecule has 1 N–H and O–H groups in total. The maximum atomic E-state index is 12.6. The Morgan fingerprint density at radius 3 is 2.68 bits per heavy atom. The number of hydrogen-bond donors (Lipinski definition) is 1. The fourth-order valence-corrected chi connectivity index (χ4v) is 4.71. The number of nitrogens with zero attached hydrogens (tertiary/aromatic N) is 3. The Morgan fingerprint density at radius 1 is 1.14 bits per heavy atom. The number of rotatable bonds is 6. The molecule has 1 aromatic heterocycles. The molecule has 0 amide bonds. The summed E-state index contributed by atoms with van der Waals surface area (Å²) < 4.78 is 30.1. The largest absolute Gasteiger partial charge is 0.326 e. The molecule has 0 fully saturated rings. The quantitative estimate of drug-likeness (QED) is 0.654. The number of unbranched alkanes of at least 4 members (excludes halogenated alkanes) is 1. The van der Waals surface area contributed by atoms with Crippen molar-refractivity contribution in [3.63, 3.8) is 0 Å². The van der Waals surface area contributed by atoms with Crippen molar-refractivity contribution in [2.24, 2.45) is 0 Å². The molecule has 1 aliphatic heterocycles. The number of fused-ring (bicyclic) bond motifs is 3. The lowest BCUT2D eigenvalue weighted by Crippen LogP contribution is -2.34. The van der Waals surface area contributed by atoms with E-state index in [1.165, 1.54) is 25.0 Å². The van der Waals surface area contributed by atoms with Crippen LogP contribution in [0, 0.1) is 0 Å². The van der Waals surface area contributed by atoms with Gasteiger partial charge in [-0.05, 0) is 55.4 Å². The summed E-state index contributed by atoms with van der Waals surface area (Å²) in [5.74, 6) is 1.04. The molecule has 0 atom stereocenters. The van der Waals surface area contributed by atoms with Crippen LogP contribution < -0.4 is 4.72 Å². The van der Waals surface area contributed by atoms with Gasteiger partial charge in [-0.2, -0.15) is 0 Å². The molecule has 8 heteroatoms. The van der Waals surface area contributed by atoms with Crippen LogP contribution in [-0.2, 0) is 23.1 Å². The van der Waals surface area contributed by atoms with E-state index in [2.05, 4.69) is 21.1 Å². The summed E-state index contributed by atoms with van der Waals surface area (Å²) in [4.78, 5) is 7.35. The molecule has 1 aliphatic rings. The van der Waals surface area contributed by atoms with Gasteiger partial charge >= 0.3 is 0 Å². The number of sulfonamides is 1. The zero-order valence-corrected chi connectivity index (χ0v) is 17.3. The summed E-state index contributed by atoms with van der Waals surface area (Å²) >= 11 is 5.85. The van der Waals surface area contributed by atoms with Gasteiger partial charge < -0.3 is 4.57 Å². The van der Waals surface area contributed by atoms with Crippen LogP contribution in [-0.4, -0.2) is 36.0 Å². The van der Waals surface area contributed by atoms with Crippen LogP contribution in [0.25, 0.3) is 11.0 Å². The summed E-state index contributed by atoms with van der Waals surface area (Å²) in [7, 11) is -3.67. The molecular formula is C20H23ClN4O2S. The zero-order chi connectivity index (χ0) is 19.7. The van der Waals surface area contributed by atoms with Crippen LogP contribution in [0.1, 0.15) is 25.6 Å². The van der Waals surface area contributed by atoms with Crippen molar-refractivity contribution < 1.29 is 8.42 Å². The molecule has 4 rings (SSSR count). The summed E-state index contributed by atoms with van der Waals surface area (Å²) in [6.07, 6.45) is 2.38. The molecule has 0 unspecified atom stereocenters. The van der Waals surface area contributed by atoms with Crippen LogP contribution in [0.2, 0.25) is 5.02 Å². The molecule has 0 bridgehead atoms. The van der Waals surface area contributed by atoms with Crippen LogP contribution >= 0.6 is 11.6 Å². The van der Waals surface area contributed by atoms with E-state index >= 15 is 0 Å². The van der Waals surface area contributed by atoms with E-state index in [1.807, 2.05) is 6.07 Å². The number of imidazole rings is 1. The Labute approximate surface area is 170 Å². The van der Waals surface area contributed by atoms with E-state index in [4.69, 9.17) is 16.6 Å². The maximum Gasteiger partial charge on any atom is 0.261 e. The Hall–Kier alpha value is -2.09. The van der Waals surface area contributed by atoms with Crippen LogP contribution in [0.3, 0.4) is 0 Å². The van der Waals surface area contributed by atoms with Gasteiger partial charge in [-0.15, -0.1) is 0 Å².